The van der Waals surface area contributed by atoms with Gasteiger partial charge in [-0.25, -0.2) is 0 Å². The lowest BCUT2D eigenvalue weighted by Crippen LogP contribution is -2.34. The summed E-state index contributed by atoms with van der Waals surface area (Å²) in [6, 6.07) is 9.31. The number of likely N-dealkylation sites (N-methyl/N-ethyl adjacent to an activating group) is 1. The molecule has 2 atom stereocenters. The Morgan fingerprint density at radius 1 is 1.32 bits per heavy atom. The van der Waals surface area contributed by atoms with E-state index < -0.39 is 0 Å². The van der Waals surface area contributed by atoms with Crippen LogP contribution in [-0.4, -0.2) is 19.8 Å². The minimum atomic E-state index is 0.326. The third-order valence-corrected chi connectivity index (χ3v) is 3.85. The molecule has 0 spiro atoms. The molecule has 1 aliphatic rings. The van der Waals surface area contributed by atoms with Crippen molar-refractivity contribution in [2.24, 2.45) is 5.92 Å². The molecule has 1 aliphatic heterocycles. The molecule has 0 bridgehead atoms. The first-order valence-electron chi connectivity index (χ1n) is 7.58. The molecule has 2 heteroatoms. The Bertz CT molecular complexity index is 383. The highest BCUT2D eigenvalue weighted by Gasteiger charge is 2.24. The van der Waals surface area contributed by atoms with Crippen molar-refractivity contribution in [3.63, 3.8) is 0 Å². The zero-order valence-electron chi connectivity index (χ0n) is 12.5. The molecular formula is C17H27NO. The monoisotopic (exact) mass is 261 g/mol. The van der Waals surface area contributed by atoms with Crippen LogP contribution in [0.15, 0.2) is 24.3 Å². The average Bonchev–Trinajstić information content (AvgIpc) is 2.40. The van der Waals surface area contributed by atoms with Crippen molar-refractivity contribution in [2.75, 3.05) is 13.7 Å². The lowest BCUT2D eigenvalue weighted by molar-refractivity contribution is -0.00663. The lowest BCUT2D eigenvalue weighted by atomic mass is 9.93. The van der Waals surface area contributed by atoms with E-state index in [1.807, 2.05) is 7.05 Å². The van der Waals surface area contributed by atoms with Crippen molar-refractivity contribution in [3.05, 3.63) is 35.4 Å². The van der Waals surface area contributed by atoms with E-state index in [0.29, 0.717) is 18.1 Å². The summed E-state index contributed by atoms with van der Waals surface area (Å²) in [5, 5.41) is 3.44. The maximum absolute atomic E-state index is 5.94. The van der Waals surface area contributed by atoms with Gasteiger partial charge in [0.05, 0.1) is 12.1 Å². The van der Waals surface area contributed by atoms with Crippen LogP contribution < -0.4 is 5.32 Å². The van der Waals surface area contributed by atoms with Gasteiger partial charge >= 0.3 is 0 Å². The van der Waals surface area contributed by atoms with Gasteiger partial charge < -0.3 is 10.1 Å². The van der Waals surface area contributed by atoms with Gasteiger partial charge in [0.1, 0.15) is 0 Å². The predicted octanol–water partition coefficient (Wildman–Crippen LogP) is 3.71. The molecule has 1 aromatic rings. The molecule has 2 rings (SSSR count). The summed E-state index contributed by atoms with van der Waals surface area (Å²) in [5.41, 5.74) is 2.80. The second kappa shape index (κ2) is 7.06. The summed E-state index contributed by atoms with van der Waals surface area (Å²) in [6.45, 7) is 5.45. The van der Waals surface area contributed by atoms with Crippen molar-refractivity contribution in [1.82, 2.24) is 5.32 Å². The summed E-state index contributed by atoms with van der Waals surface area (Å²) in [6.07, 6.45) is 5.14. The smallest absolute Gasteiger partial charge is 0.0769 e. The lowest BCUT2D eigenvalue weighted by Gasteiger charge is -2.31. The normalized spacial score (nSPS) is 21.6. The van der Waals surface area contributed by atoms with Crippen LogP contribution in [0.3, 0.4) is 0 Å². The third kappa shape index (κ3) is 4.05. The summed E-state index contributed by atoms with van der Waals surface area (Å²) in [5.74, 6) is 0.703. The zero-order chi connectivity index (χ0) is 13.7. The van der Waals surface area contributed by atoms with Crippen molar-refractivity contribution >= 4 is 0 Å². The molecule has 0 amide bonds. The molecule has 2 unspecified atom stereocenters. The molecule has 0 radical (unpaired) electrons. The van der Waals surface area contributed by atoms with E-state index in [4.69, 9.17) is 4.74 Å². The van der Waals surface area contributed by atoms with Crippen molar-refractivity contribution in [1.29, 1.82) is 0 Å². The molecule has 1 saturated heterocycles. The Morgan fingerprint density at radius 3 is 2.79 bits per heavy atom. The van der Waals surface area contributed by atoms with E-state index in [0.717, 1.165) is 13.0 Å². The fraction of sp³-hybridized carbons (Fsp3) is 0.647. The maximum Gasteiger partial charge on any atom is 0.0769 e. The van der Waals surface area contributed by atoms with Gasteiger partial charge in [0.15, 0.2) is 0 Å². The van der Waals surface area contributed by atoms with Gasteiger partial charge in [-0.05, 0) is 49.8 Å². The van der Waals surface area contributed by atoms with E-state index in [9.17, 15) is 0 Å². The zero-order valence-corrected chi connectivity index (χ0v) is 12.5. The van der Waals surface area contributed by atoms with E-state index >= 15 is 0 Å². The second-order valence-electron chi connectivity index (χ2n) is 6.01. The summed E-state index contributed by atoms with van der Waals surface area (Å²) in [4.78, 5) is 0. The fourth-order valence-corrected chi connectivity index (χ4v) is 2.98. The van der Waals surface area contributed by atoms with Crippen LogP contribution in [0.5, 0.6) is 0 Å². The van der Waals surface area contributed by atoms with Gasteiger partial charge in [0, 0.05) is 6.61 Å². The predicted molar refractivity (Wildman–Crippen MR) is 80.4 cm³/mol. The van der Waals surface area contributed by atoms with Crippen LogP contribution >= 0.6 is 0 Å². The molecule has 2 nitrogen and oxygen atoms in total. The standard InChI is InChI=1S/C17H27NO/c1-13(2)11-14-7-6-8-15(12-14)17(18-3)16-9-4-5-10-19-16/h6-8,12-13,16-18H,4-5,9-11H2,1-3H3. The van der Waals surface area contributed by atoms with Crippen LogP contribution in [0.1, 0.15) is 50.3 Å². The first-order chi connectivity index (χ1) is 9.20. The number of nitrogens with one attached hydrogen (secondary N) is 1. The molecular weight excluding hydrogens is 234 g/mol. The SMILES string of the molecule is CNC(c1cccc(CC(C)C)c1)C1CCCCO1. The van der Waals surface area contributed by atoms with Gasteiger partial charge in [-0.15, -0.1) is 0 Å². The number of hydrogen-bond acceptors (Lipinski definition) is 2. The van der Waals surface area contributed by atoms with E-state index in [2.05, 4.69) is 43.4 Å². The quantitative estimate of drug-likeness (QED) is 0.872. The summed E-state index contributed by atoms with van der Waals surface area (Å²) in [7, 11) is 2.04. The van der Waals surface area contributed by atoms with Gasteiger partial charge in [0.2, 0.25) is 0 Å². The maximum atomic E-state index is 5.94. The Kier molecular flexibility index (Phi) is 5.41. The molecule has 0 saturated carbocycles. The topological polar surface area (TPSA) is 21.3 Å². The van der Waals surface area contributed by atoms with E-state index in [1.54, 1.807) is 0 Å². The molecule has 1 N–H and O–H groups in total. The minimum absolute atomic E-state index is 0.326. The van der Waals surface area contributed by atoms with Gasteiger partial charge in [0.25, 0.3) is 0 Å². The number of rotatable bonds is 5. The van der Waals surface area contributed by atoms with Crippen LogP contribution in [0.25, 0.3) is 0 Å². The molecule has 1 heterocycles. The Hall–Kier alpha value is -0.860. The Morgan fingerprint density at radius 2 is 2.16 bits per heavy atom. The third-order valence-electron chi connectivity index (χ3n) is 3.85. The Balaban J connectivity index is 2.12. The highest BCUT2D eigenvalue weighted by atomic mass is 16.5. The van der Waals surface area contributed by atoms with Crippen molar-refractivity contribution < 1.29 is 4.74 Å². The molecule has 106 valence electrons. The summed E-state index contributed by atoms with van der Waals surface area (Å²) < 4.78 is 5.94. The highest BCUT2D eigenvalue weighted by molar-refractivity contribution is 5.27. The number of hydrogen-bond donors (Lipinski definition) is 1. The van der Waals surface area contributed by atoms with Crippen LogP contribution in [0.4, 0.5) is 0 Å². The average molecular weight is 261 g/mol. The van der Waals surface area contributed by atoms with Gasteiger partial charge in [-0.2, -0.15) is 0 Å². The second-order valence-corrected chi connectivity index (χ2v) is 6.01. The molecule has 0 aliphatic carbocycles. The molecule has 1 fully saturated rings. The van der Waals surface area contributed by atoms with Crippen LogP contribution in [0.2, 0.25) is 0 Å². The minimum Gasteiger partial charge on any atom is -0.376 e. The van der Waals surface area contributed by atoms with Crippen LogP contribution in [-0.2, 0) is 11.2 Å². The number of ether oxygens (including phenoxy) is 1. The highest BCUT2D eigenvalue weighted by Crippen LogP contribution is 2.27. The van der Waals surface area contributed by atoms with E-state index in [1.165, 1.54) is 30.4 Å². The number of benzene rings is 1. The van der Waals surface area contributed by atoms with Crippen molar-refractivity contribution in [3.8, 4) is 0 Å². The Labute approximate surface area is 117 Å². The fourth-order valence-electron chi connectivity index (χ4n) is 2.98. The van der Waals surface area contributed by atoms with Crippen LogP contribution in [0, 0.1) is 5.92 Å². The van der Waals surface area contributed by atoms with Gasteiger partial charge in [-0.3, -0.25) is 0 Å². The molecule has 19 heavy (non-hydrogen) atoms. The first-order valence-corrected chi connectivity index (χ1v) is 7.58. The van der Waals surface area contributed by atoms with Gasteiger partial charge in [-0.1, -0.05) is 38.1 Å². The first kappa shape index (κ1) is 14.5. The van der Waals surface area contributed by atoms with E-state index in [-0.39, 0.29) is 0 Å². The molecule has 1 aromatic carbocycles. The molecule has 0 aromatic heterocycles. The summed E-state index contributed by atoms with van der Waals surface area (Å²) >= 11 is 0. The van der Waals surface area contributed by atoms with Crippen molar-refractivity contribution in [2.45, 2.75) is 51.7 Å². The largest absolute Gasteiger partial charge is 0.376 e.